The Bertz CT molecular complexity index is 333. The van der Waals surface area contributed by atoms with Gasteiger partial charge in [0.2, 0.25) is 0 Å². The third-order valence-electron chi connectivity index (χ3n) is 1.36. The number of nitrogens with two attached hydrogens (primary N) is 1. The van der Waals surface area contributed by atoms with E-state index in [1.54, 1.807) is 12.1 Å². The average Bonchev–Trinajstić information content (AvgIpc) is 2.06. The molecule has 0 unspecified atom stereocenters. The Balaban J connectivity index is 2.85. The molecule has 0 aromatic heterocycles. The van der Waals surface area contributed by atoms with Crippen LogP contribution in [0.1, 0.15) is 0 Å². The zero-order valence-corrected chi connectivity index (χ0v) is 7.85. The summed E-state index contributed by atoms with van der Waals surface area (Å²) >= 11 is 4.57. The summed E-state index contributed by atoms with van der Waals surface area (Å²) in [4.78, 5) is 0. The Morgan fingerprint density at radius 2 is 2.07 bits per heavy atom. The molecule has 0 aliphatic rings. The van der Waals surface area contributed by atoms with E-state index in [2.05, 4.69) is 22.3 Å². The van der Waals surface area contributed by atoms with E-state index < -0.39 is 6.61 Å². The molecule has 0 atom stereocenters. The number of alkyl halides is 2. The summed E-state index contributed by atoms with van der Waals surface area (Å²) in [6.45, 7) is -2.87. The molecule has 0 aliphatic heterocycles. The maximum atomic E-state index is 11.9. The smallest absolute Gasteiger partial charge is 0.387 e. The minimum Gasteiger partial charge on any atom is -0.433 e. The van der Waals surface area contributed by atoms with Gasteiger partial charge in [-0.05, 0) is 24.4 Å². The first-order valence-corrected chi connectivity index (χ1v) is 4.10. The number of para-hydroxylation sites is 2. The van der Waals surface area contributed by atoms with Crippen molar-refractivity contribution in [3.8, 4) is 5.75 Å². The summed E-state index contributed by atoms with van der Waals surface area (Å²) in [5.41, 5.74) is 5.52. The van der Waals surface area contributed by atoms with Crippen LogP contribution in [0.2, 0.25) is 0 Å². The fraction of sp³-hybridized carbons (Fsp3) is 0.125. The molecular formula is C8H8F2N2OS. The molecular weight excluding hydrogens is 210 g/mol. The monoisotopic (exact) mass is 218 g/mol. The van der Waals surface area contributed by atoms with Gasteiger partial charge in [-0.25, -0.2) is 0 Å². The molecule has 0 aliphatic carbocycles. The highest BCUT2D eigenvalue weighted by molar-refractivity contribution is 7.80. The number of halogens is 2. The lowest BCUT2D eigenvalue weighted by Crippen LogP contribution is -2.19. The van der Waals surface area contributed by atoms with Crippen LogP contribution in [0.25, 0.3) is 0 Å². The molecule has 1 aromatic rings. The number of anilines is 1. The minimum absolute atomic E-state index is 0.00434. The van der Waals surface area contributed by atoms with E-state index in [9.17, 15) is 8.78 Å². The molecule has 1 rings (SSSR count). The summed E-state index contributed by atoms with van der Waals surface area (Å²) in [6, 6.07) is 6.16. The lowest BCUT2D eigenvalue weighted by Gasteiger charge is -2.10. The summed E-state index contributed by atoms with van der Waals surface area (Å²) in [5, 5.41) is 2.53. The maximum absolute atomic E-state index is 11.9. The van der Waals surface area contributed by atoms with Gasteiger partial charge in [0.15, 0.2) is 5.11 Å². The Hall–Kier alpha value is -1.43. The summed E-state index contributed by atoms with van der Waals surface area (Å²) in [6.07, 6.45) is 0. The SMILES string of the molecule is NC(=S)Nc1ccccc1OC(F)F. The molecule has 0 radical (unpaired) electrons. The van der Waals surface area contributed by atoms with Crippen LogP contribution in [-0.4, -0.2) is 11.7 Å². The Morgan fingerprint density at radius 1 is 1.43 bits per heavy atom. The Morgan fingerprint density at radius 3 is 2.64 bits per heavy atom. The molecule has 0 spiro atoms. The zero-order valence-electron chi connectivity index (χ0n) is 7.04. The third-order valence-corrected chi connectivity index (χ3v) is 1.46. The molecule has 76 valence electrons. The van der Waals surface area contributed by atoms with Gasteiger partial charge in [0.05, 0.1) is 5.69 Å². The van der Waals surface area contributed by atoms with Gasteiger partial charge in [-0.1, -0.05) is 12.1 Å². The van der Waals surface area contributed by atoms with Gasteiger partial charge in [-0.3, -0.25) is 0 Å². The molecule has 1 aromatic carbocycles. The topological polar surface area (TPSA) is 47.3 Å². The molecule has 14 heavy (non-hydrogen) atoms. The lowest BCUT2D eigenvalue weighted by atomic mass is 10.3. The van der Waals surface area contributed by atoms with Crippen LogP contribution in [0, 0.1) is 0 Å². The highest BCUT2D eigenvalue weighted by Gasteiger charge is 2.08. The van der Waals surface area contributed by atoms with E-state index >= 15 is 0 Å². The van der Waals surface area contributed by atoms with E-state index in [1.165, 1.54) is 12.1 Å². The largest absolute Gasteiger partial charge is 0.433 e. The maximum Gasteiger partial charge on any atom is 0.387 e. The summed E-state index contributed by atoms with van der Waals surface area (Å²) < 4.78 is 28.1. The molecule has 0 fully saturated rings. The third kappa shape index (κ3) is 3.14. The first kappa shape index (κ1) is 10.6. The van der Waals surface area contributed by atoms with Gasteiger partial charge < -0.3 is 15.8 Å². The summed E-state index contributed by atoms with van der Waals surface area (Å²) in [5.74, 6) is 0.00954. The molecule has 0 heterocycles. The van der Waals surface area contributed by atoms with Crippen molar-refractivity contribution in [2.75, 3.05) is 5.32 Å². The molecule has 0 amide bonds. The van der Waals surface area contributed by atoms with Crippen molar-refractivity contribution in [3.05, 3.63) is 24.3 Å². The molecule has 0 saturated carbocycles. The zero-order chi connectivity index (χ0) is 10.6. The second-order valence-corrected chi connectivity index (χ2v) is 2.80. The van der Waals surface area contributed by atoms with E-state index in [-0.39, 0.29) is 10.9 Å². The number of nitrogens with one attached hydrogen (secondary N) is 1. The fourth-order valence-electron chi connectivity index (χ4n) is 0.901. The number of hydrogen-bond donors (Lipinski definition) is 2. The van der Waals surface area contributed by atoms with Crippen molar-refractivity contribution in [1.29, 1.82) is 0 Å². The number of ether oxygens (including phenoxy) is 1. The van der Waals surface area contributed by atoms with Crippen molar-refractivity contribution in [1.82, 2.24) is 0 Å². The second kappa shape index (κ2) is 4.71. The molecule has 0 bridgehead atoms. The van der Waals surface area contributed by atoms with Crippen LogP contribution in [0.4, 0.5) is 14.5 Å². The average molecular weight is 218 g/mol. The van der Waals surface area contributed by atoms with Crippen molar-refractivity contribution in [3.63, 3.8) is 0 Å². The molecule has 0 saturated heterocycles. The van der Waals surface area contributed by atoms with Gasteiger partial charge in [0, 0.05) is 0 Å². The molecule has 3 nitrogen and oxygen atoms in total. The number of rotatable bonds is 3. The van der Waals surface area contributed by atoms with Crippen LogP contribution < -0.4 is 15.8 Å². The van der Waals surface area contributed by atoms with E-state index in [0.29, 0.717) is 5.69 Å². The Kier molecular flexibility index (Phi) is 3.58. The van der Waals surface area contributed by atoms with Crippen LogP contribution in [0.5, 0.6) is 5.75 Å². The van der Waals surface area contributed by atoms with Gasteiger partial charge in [0.1, 0.15) is 5.75 Å². The highest BCUT2D eigenvalue weighted by atomic mass is 32.1. The van der Waals surface area contributed by atoms with E-state index in [0.717, 1.165) is 0 Å². The number of benzene rings is 1. The second-order valence-electron chi connectivity index (χ2n) is 2.36. The van der Waals surface area contributed by atoms with Crippen LogP contribution in [0.3, 0.4) is 0 Å². The number of thiocarbonyl (C=S) groups is 1. The van der Waals surface area contributed by atoms with Gasteiger partial charge in [-0.15, -0.1) is 0 Å². The first-order chi connectivity index (χ1) is 6.59. The van der Waals surface area contributed by atoms with Crippen LogP contribution >= 0.6 is 12.2 Å². The van der Waals surface area contributed by atoms with Gasteiger partial charge in [-0.2, -0.15) is 8.78 Å². The molecule has 6 heteroatoms. The summed E-state index contributed by atoms with van der Waals surface area (Å²) in [7, 11) is 0. The van der Waals surface area contributed by atoms with E-state index in [4.69, 9.17) is 5.73 Å². The quantitative estimate of drug-likeness (QED) is 0.761. The first-order valence-electron chi connectivity index (χ1n) is 3.70. The Labute approximate surface area is 84.9 Å². The lowest BCUT2D eigenvalue weighted by molar-refractivity contribution is -0.0493. The van der Waals surface area contributed by atoms with Crippen LogP contribution in [0.15, 0.2) is 24.3 Å². The predicted molar refractivity (Wildman–Crippen MR) is 53.5 cm³/mol. The van der Waals surface area contributed by atoms with Crippen molar-refractivity contribution >= 4 is 23.0 Å². The fourth-order valence-corrected chi connectivity index (χ4v) is 1.01. The van der Waals surface area contributed by atoms with Gasteiger partial charge >= 0.3 is 6.61 Å². The standard InChI is InChI=1S/C8H8F2N2OS/c9-7(10)13-6-4-2-1-3-5(6)12-8(11)14/h1-4,7H,(H3,11,12,14). The van der Waals surface area contributed by atoms with Crippen molar-refractivity contribution in [2.24, 2.45) is 5.73 Å². The van der Waals surface area contributed by atoms with E-state index in [1.807, 2.05) is 0 Å². The number of hydrogen-bond acceptors (Lipinski definition) is 2. The van der Waals surface area contributed by atoms with Crippen molar-refractivity contribution in [2.45, 2.75) is 6.61 Å². The predicted octanol–water partition coefficient (Wildman–Crippen LogP) is 1.94. The minimum atomic E-state index is -2.87. The van der Waals surface area contributed by atoms with Crippen molar-refractivity contribution < 1.29 is 13.5 Å². The normalized spacial score (nSPS) is 9.93. The highest BCUT2D eigenvalue weighted by Crippen LogP contribution is 2.24. The van der Waals surface area contributed by atoms with Gasteiger partial charge in [0.25, 0.3) is 0 Å². The molecule has 3 N–H and O–H groups in total. The van der Waals surface area contributed by atoms with Crippen LogP contribution in [-0.2, 0) is 0 Å².